The number of nitrogens with zero attached hydrogens (tertiary/aromatic N) is 2. The van der Waals surface area contributed by atoms with Crippen LogP contribution in [0.2, 0.25) is 0 Å². The SMILES string of the molecule is CC(=O)N1CSCC1C(=O)N1CCC(C)(C(=O)O)C1. The number of carboxylic acid groups (broad SMARTS) is 1. The Morgan fingerprint density at radius 2 is 2.05 bits per heavy atom. The van der Waals surface area contributed by atoms with Crippen LogP contribution >= 0.6 is 11.8 Å². The fourth-order valence-corrected chi connectivity index (χ4v) is 3.70. The van der Waals surface area contributed by atoms with E-state index in [0.717, 1.165) is 0 Å². The number of thioether (sulfide) groups is 1. The first-order chi connectivity index (χ1) is 8.85. The van der Waals surface area contributed by atoms with Crippen LogP contribution < -0.4 is 0 Å². The molecular formula is C12H18N2O4S. The van der Waals surface area contributed by atoms with Crippen molar-refractivity contribution in [3.05, 3.63) is 0 Å². The van der Waals surface area contributed by atoms with Crippen LogP contribution in [-0.2, 0) is 14.4 Å². The van der Waals surface area contributed by atoms with Crippen LogP contribution in [-0.4, -0.2) is 63.5 Å². The fraction of sp³-hybridized carbons (Fsp3) is 0.750. The lowest BCUT2D eigenvalue weighted by Gasteiger charge is -2.27. The predicted molar refractivity (Wildman–Crippen MR) is 70.6 cm³/mol. The highest BCUT2D eigenvalue weighted by molar-refractivity contribution is 7.99. The smallest absolute Gasteiger partial charge is 0.311 e. The third kappa shape index (κ3) is 2.56. The summed E-state index contributed by atoms with van der Waals surface area (Å²) in [6.07, 6.45) is 0.466. The van der Waals surface area contributed by atoms with Gasteiger partial charge in [-0.1, -0.05) is 0 Å². The first kappa shape index (κ1) is 14.2. The van der Waals surface area contributed by atoms with Gasteiger partial charge in [-0.05, 0) is 13.3 Å². The van der Waals surface area contributed by atoms with E-state index in [0.29, 0.717) is 24.6 Å². The van der Waals surface area contributed by atoms with Crippen molar-refractivity contribution in [2.24, 2.45) is 5.41 Å². The standard InChI is InChI=1S/C12H18N2O4S/c1-8(15)14-7-19-5-9(14)10(16)13-4-3-12(2,6-13)11(17)18/h9H,3-7H2,1-2H3,(H,17,18). The second-order valence-corrected chi connectivity index (χ2v) is 6.38. The lowest BCUT2D eigenvalue weighted by atomic mass is 9.90. The van der Waals surface area contributed by atoms with Crippen molar-refractivity contribution in [3.8, 4) is 0 Å². The maximum absolute atomic E-state index is 12.4. The Hall–Kier alpha value is -1.24. The van der Waals surface area contributed by atoms with Crippen LogP contribution in [0.4, 0.5) is 0 Å². The largest absolute Gasteiger partial charge is 0.481 e. The zero-order valence-corrected chi connectivity index (χ0v) is 11.9. The highest BCUT2D eigenvalue weighted by Crippen LogP contribution is 2.32. The quantitative estimate of drug-likeness (QED) is 0.786. The first-order valence-electron chi connectivity index (χ1n) is 6.22. The van der Waals surface area contributed by atoms with Crippen LogP contribution in [0.25, 0.3) is 0 Å². The maximum Gasteiger partial charge on any atom is 0.311 e. The molecule has 2 rings (SSSR count). The Balaban J connectivity index is 2.06. The number of likely N-dealkylation sites (tertiary alicyclic amines) is 1. The summed E-state index contributed by atoms with van der Waals surface area (Å²) in [7, 11) is 0. The minimum Gasteiger partial charge on any atom is -0.481 e. The van der Waals surface area contributed by atoms with Crippen molar-refractivity contribution >= 4 is 29.5 Å². The Bertz CT molecular complexity index is 428. The molecule has 0 saturated carbocycles. The van der Waals surface area contributed by atoms with Crippen molar-refractivity contribution in [1.29, 1.82) is 0 Å². The molecule has 1 N–H and O–H groups in total. The number of aliphatic carboxylic acids is 1. The predicted octanol–water partition coefficient (Wildman–Crippen LogP) is 0.231. The van der Waals surface area contributed by atoms with E-state index < -0.39 is 17.4 Å². The highest BCUT2D eigenvalue weighted by Gasteiger charge is 2.45. The molecule has 6 nitrogen and oxygen atoms in total. The Morgan fingerprint density at radius 1 is 1.37 bits per heavy atom. The first-order valence-corrected chi connectivity index (χ1v) is 7.38. The molecule has 2 heterocycles. The van der Waals surface area contributed by atoms with Gasteiger partial charge in [-0.3, -0.25) is 14.4 Å². The Labute approximate surface area is 116 Å². The Morgan fingerprint density at radius 3 is 2.58 bits per heavy atom. The molecule has 2 fully saturated rings. The second-order valence-electron chi connectivity index (χ2n) is 5.38. The van der Waals surface area contributed by atoms with Crippen LogP contribution in [0, 0.1) is 5.41 Å². The lowest BCUT2D eigenvalue weighted by Crippen LogP contribution is -2.48. The molecule has 106 valence electrons. The number of carbonyl (C=O) groups is 3. The summed E-state index contributed by atoms with van der Waals surface area (Å²) < 4.78 is 0. The van der Waals surface area contributed by atoms with Gasteiger partial charge in [0.2, 0.25) is 11.8 Å². The molecular weight excluding hydrogens is 268 g/mol. The molecule has 2 atom stereocenters. The lowest BCUT2D eigenvalue weighted by molar-refractivity contribution is -0.148. The fourth-order valence-electron chi connectivity index (χ4n) is 2.49. The number of hydrogen-bond acceptors (Lipinski definition) is 4. The monoisotopic (exact) mass is 286 g/mol. The molecule has 0 bridgehead atoms. The number of rotatable bonds is 2. The molecule has 0 aliphatic carbocycles. The third-order valence-corrected chi connectivity index (χ3v) is 4.89. The van der Waals surface area contributed by atoms with Gasteiger partial charge < -0.3 is 14.9 Å². The molecule has 0 aromatic carbocycles. The summed E-state index contributed by atoms with van der Waals surface area (Å²) >= 11 is 1.55. The van der Waals surface area contributed by atoms with E-state index in [4.69, 9.17) is 0 Å². The molecule has 2 unspecified atom stereocenters. The van der Waals surface area contributed by atoms with E-state index in [9.17, 15) is 19.5 Å². The topological polar surface area (TPSA) is 77.9 Å². The van der Waals surface area contributed by atoms with Gasteiger partial charge in [0.05, 0.1) is 11.3 Å². The zero-order chi connectivity index (χ0) is 14.2. The summed E-state index contributed by atoms with van der Waals surface area (Å²) in [5.41, 5.74) is -0.859. The van der Waals surface area contributed by atoms with Crippen molar-refractivity contribution in [3.63, 3.8) is 0 Å². The number of carboxylic acids is 1. The van der Waals surface area contributed by atoms with Crippen molar-refractivity contribution in [2.75, 3.05) is 24.7 Å². The summed E-state index contributed by atoms with van der Waals surface area (Å²) in [4.78, 5) is 38.2. The van der Waals surface area contributed by atoms with Crippen LogP contribution in [0.5, 0.6) is 0 Å². The van der Waals surface area contributed by atoms with Gasteiger partial charge in [0.15, 0.2) is 0 Å². The van der Waals surface area contributed by atoms with Crippen LogP contribution in [0.15, 0.2) is 0 Å². The van der Waals surface area contributed by atoms with Crippen molar-refractivity contribution in [1.82, 2.24) is 9.80 Å². The van der Waals surface area contributed by atoms with E-state index in [2.05, 4.69) is 0 Å². The Kier molecular flexibility index (Phi) is 3.75. The van der Waals surface area contributed by atoms with E-state index >= 15 is 0 Å². The second kappa shape index (κ2) is 5.03. The molecule has 0 aromatic rings. The van der Waals surface area contributed by atoms with Gasteiger partial charge in [-0.15, -0.1) is 11.8 Å². The molecule has 0 radical (unpaired) electrons. The van der Waals surface area contributed by atoms with Gasteiger partial charge in [-0.25, -0.2) is 0 Å². The normalized spacial score (nSPS) is 30.7. The third-order valence-electron chi connectivity index (χ3n) is 3.87. The van der Waals surface area contributed by atoms with Crippen molar-refractivity contribution < 1.29 is 19.5 Å². The minimum absolute atomic E-state index is 0.108. The van der Waals surface area contributed by atoms with E-state index in [1.54, 1.807) is 28.5 Å². The van der Waals surface area contributed by atoms with Crippen molar-refractivity contribution in [2.45, 2.75) is 26.3 Å². The zero-order valence-electron chi connectivity index (χ0n) is 11.1. The molecule has 7 heteroatoms. The molecule has 19 heavy (non-hydrogen) atoms. The molecule has 2 aliphatic rings. The average molecular weight is 286 g/mol. The number of amides is 2. The van der Waals surface area contributed by atoms with E-state index in [1.807, 2.05) is 0 Å². The average Bonchev–Trinajstić information content (AvgIpc) is 2.95. The summed E-state index contributed by atoms with van der Waals surface area (Å²) in [6.45, 7) is 3.80. The van der Waals surface area contributed by atoms with Crippen LogP contribution in [0.1, 0.15) is 20.3 Å². The molecule has 2 amide bonds. The molecule has 0 spiro atoms. The molecule has 0 aromatic heterocycles. The van der Waals surface area contributed by atoms with Gasteiger partial charge in [0.1, 0.15) is 6.04 Å². The highest BCUT2D eigenvalue weighted by atomic mass is 32.2. The van der Waals surface area contributed by atoms with E-state index in [1.165, 1.54) is 6.92 Å². The van der Waals surface area contributed by atoms with E-state index in [-0.39, 0.29) is 18.4 Å². The van der Waals surface area contributed by atoms with Gasteiger partial charge in [0.25, 0.3) is 0 Å². The minimum atomic E-state index is -0.868. The van der Waals surface area contributed by atoms with Gasteiger partial charge in [-0.2, -0.15) is 0 Å². The summed E-state index contributed by atoms with van der Waals surface area (Å²) in [5, 5.41) is 9.17. The maximum atomic E-state index is 12.4. The van der Waals surface area contributed by atoms with Crippen LogP contribution in [0.3, 0.4) is 0 Å². The molecule has 2 aliphatic heterocycles. The van der Waals surface area contributed by atoms with Gasteiger partial charge >= 0.3 is 5.97 Å². The number of hydrogen-bond donors (Lipinski definition) is 1. The summed E-state index contributed by atoms with van der Waals surface area (Å²) in [6, 6.07) is -0.432. The summed E-state index contributed by atoms with van der Waals surface area (Å²) in [5.74, 6) is 0.0369. The van der Waals surface area contributed by atoms with Gasteiger partial charge in [0, 0.05) is 25.8 Å². The molecule has 2 saturated heterocycles. The number of carbonyl (C=O) groups excluding carboxylic acids is 2.